The molecule has 0 spiro atoms. The molecule has 2 rings (SSSR count). The molecule has 2 heteroatoms. The van der Waals surface area contributed by atoms with Gasteiger partial charge in [-0.1, -0.05) is 55.2 Å². The van der Waals surface area contributed by atoms with Crippen LogP contribution in [-0.4, -0.2) is 12.6 Å². The second-order valence-corrected chi connectivity index (χ2v) is 5.01. The van der Waals surface area contributed by atoms with Gasteiger partial charge in [0.25, 0.3) is 0 Å². The number of aliphatic imine (C=N–C) groups is 2. The molecule has 0 saturated heterocycles. The molecule has 0 aromatic heterocycles. The Hall–Kier alpha value is -2.62. The van der Waals surface area contributed by atoms with Crippen molar-refractivity contribution in [2.24, 2.45) is 9.98 Å². The molecule has 0 amide bonds. The summed E-state index contributed by atoms with van der Waals surface area (Å²) < 4.78 is 0. The minimum Gasteiger partial charge on any atom is -0.225 e. The Balaban J connectivity index is 2.22. The first kappa shape index (κ1) is 15.8. The number of nitrogens with zero attached hydrogens (tertiary/aromatic N) is 2. The van der Waals surface area contributed by atoms with Gasteiger partial charge in [-0.05, 0) is 37.1 Å². The lowest BCUT2D eigenvalue weighted by Crippen LogP contribution is -1.90. The molecule has 0 heterocycles. The van der Waals surface area contributed by atoms with E-state index in [0.717, 1.165) is 29.8 Å². The van der Waals surface area contributed by atoms with E-state index in [-0.39, 0.29) is 5.92 Å². The monoisotopic (exact) mass is 288 g/mol. The summed E-state index contributed by atoms with van der Waals surface area (Å²) in [5.41, 5.74) is 3.02. The van der Waals surface area contributed by atoms with Crippen molar-refractivity contribution in [2.75, 3.05) is 6.54 Å². The van der Waals surface area contributed by atoms with Crippen molar-refractivity contribution >= 4 is 11.7 Å². The van der Waals surface area contributed by atoms with E-state index >= 15 is 0 Å². The number of rotatable bonds is 4. The van der Waals surface area contributed by atoms with E-state index in [1.807, 2.05) is 48.5 Å². The predicted octanol–water partition coefficient (Wildman–Crippen LogP) is 5.06. The van der Waals surface area contributed by atoms with E-state index in [1.54, 1.807) is 0 Å². The van der Waals surface area contributed by atoms with E-state index in [4.69, 9.17) is 0 Å². The van der Waals surface area contributed by atoms with Crippen LogP contribution in [-0.2, 0) is 0 Å². The molecule has 110 valence electrons. The zero-order chi connectivity index (χ0) is 15.6. The van der Waals surface area contributed by atoms with Crippen LogP contribution in [0.5, 0.6) is 0 Å². The highest BCUT2D eigenvalue weighted by atomic mass is 14.8. The SMILES string of the molecule is CCCN=C=Nc1ccccc1C(C)C#Cc1ccccc1. The number of para-hydroxylation sites is 1. The van der Waals surface area contributed by atoms with Crippen LogP contribution in [0, 0.1) is 11.8 Å². The van der Waals surface area contributed by atoms with Crippen molar-refractivity contribution in [3.8, 4) is 11.8 Å². The van der Waals surface area contributed by atoms with Gasteiger partial charge in [0.15, 0.2) is 0 Å². The first-order valence-corrected chi connectivity index (χ1v) is 7.59. The van der Waals surface area contributed by atoms with E-state index < -0.39 is 0 Å². The molecule has 0 N–H and O–H groups in total. The molecule has 22 heavy (non-hydrogen) atoms. The molecule has 0 radical (unpaired) electrons. The zero-order valence-electron chi connectivity index (χ0n) is 13.1. The molecule has 1 atom stereocenters. The largest absolute Gasteiger partial charge is 0.225 e. The maximum absolute atomic E-state index is 4.34. The molecule has 2 nitrogen and oxygen atoms in total. The van der Waals surface area contributed by atoms with E-state index in [9.17, 15) is 0 Å². The van der Waals surface area contributed by atoms with Gasteiger partial charge in [-0.2, -0.15) is 4.99 Å². The summed E-state index contributed by atoms with van der Waals surface area (Å²) in [5.74, 6) is 6.60. The van der Waals surface area contributed by atoms with Gasteiger partial charge >= 0.3 is 0 Å². The Morgan fingerprint density at radius 2 is 1.73 bits per heavy atom. The second kappa shape index (κ2) is 8.62. The lowest BCUT2D eigenvalue weighted by Gasteiger charge is -2.07. The van der Waals surface area contributed by atoms with Crippen molar-refractivity contribution < 1.29 is 0 Å². The highest BCUT2D eigenvalue weighted by Crippen LogP contribution is 2.25. The molecule has 0 bridgehead atoms. The average molecular weight is 288 g/mol. The molecule has 1 unspecified atom stereocenters. The Labute approximate surface area is 132 Å². The third kappa shape index (κ3) is 4.74. The first-order valence-electron chi connectivity index (χ1n) is 7.59. The lowest BCUT2D eigenvalue weighted by molar-refractivity contribution is 0.937. The van der Waals surface area contributed by atoms with E-state index in [1.165, 1.54) is 0 Å². The summed E-state index contributed by atoms with van der Waals surface area (Å²) in [6.45, 7) is 4.93. The first-order chi connectivity index (χ1) is 10.8. The molecule has 0 aliphatic heterocycles. The van der Waals surface area contributed by atoms with Gasteiger partial charge < -0.3 is 0 Å². The summed E-state index contributed by atoms with van der Waals surface area (Å²) >= 11 is 0. The highest BCUT2D eigenvalue weighted by Gasteiger charge is 2.06. The van der Waals surface area contributed by atoms with Gasteiger partial charge in [0.2, 0.25) is 0 Å². The normalized spacial score (nSPS) is 10.8. The fourth-order valence-electron chi connectivity index (χ4n) is 2.00. The van der Waals surface area contributed by atoms with E-state index in [2.05, 4.69) is 47.7 Å². The van der Waals surface area contributed by atoms with Crippen LogP contribution in [0.15, 0.2) is 64.6 Å². The van der Waals surface area contributed by atoms with Crippen molar-refractivity contribution in [1.29, 1.82) is 0 Å². The van der Waals surface area contributed by atoms with Crippen molar-refractivity contribution in [3.05, 3.63) is 65.7 Å². The van der Waals surface area contributed by atoms with Crippen LogP contribution < -0.4 is 0 Å². The molecule has 0 saturated carbocycles. The Morgan fingerprint density at radius 3 is 2.50 bits per heavy atom. The standard InChI is InChI=1S/C20H20N2/c1-3-15-21-16-22-20-12-8-7-11-19(20)17(2)13-14-18-9-5-4-6-10-18/h4-12,17H,3,15H2,1-2H3. The summed E-state index contributed by atoms with van der Waals surface area (Å²) in [4.78, 5) is 8.46. The van der Waals surface area contributed by atoms with E-state index in [0.29, 0.717) is 0 Å². The van der Waals surface area contributed by atoms with Crippen molar-refractivity contribution in [3.63, 3.8) is 0 Å². The van der Waals surface area contributed by atoms with Gasteiger partial charge in [0, 0.05) is 18.0 Å². The topological polar surface area (TPSA) is 24.7 Å². The second-order valence-electron chi connectivity index (χ2n) is 5.01. The quantitative estimate of drug-likeness (QED) is 0.555. The number of benzene rings is 2. The minimum absolute atomic E-state index is 0.105. The molecule has 0 aliphatic rings. The van der Waals surface area contributed by atoms with Crippen LogP contribution >= 0.6 is 0 Å². The molecule has 0 fully saturated rings. The van der Waals surface area contributed by atoms with Crippen molar-refractivity contribution in [1.82, 2.24) is 0 Å². The smallest absolute Gasteiger partial charge is 0.0949 e. The van der Waals surface area contributed by atoms with Gasteiger partial charge in [-0.15, -0.1) is 0 Å². The van der Waals surface area contributed by atoms with Crippen LogP contribution in [0.1, 0.15) is 37.3 Å². The van der Waals surface area contributed by atoms with Gasteiger partial charge in [0.05, 0.1) is 11.7 Å². The number of hydrogen-bond donors (Lipinski definition) is 0. The third-order valence-electron chi connectivity index (χ3n) is 3.19. The van der Waals surface area contributed by atoms with Crippen LogP contribution in [0.25, 0.3) is 0 Å². The predicted molar refractivity (Wildman–Crippen MR) is 92.9 cm³/mol. The number of hydrogen-bond acceptors (Lipinski definition) is 2. The van der Waals surface area contributed by atoms with Gasteiger partial charge in [0.1, 0.15) is 0 Å². The highest BCUT2D eigenvalue weighted by molar-refractivity contribution is 5.58. The third-order valence-corrected chi connectivity index (χ3v) is 3.19. The van der Waals surface area contributed by atoms with Crippen molar-refractivity contribution in [2.45, 2.75) is 26.2 Å². The Kier molecular flexibility index (Phi) is 6.18. The van der Waals surface area contributed by atoms with Crippen LogP contribution in [0.3, 0.4) is 0 Å². The summed E-state index contributed by atoms with van der Waals surface area (Å²) in [6.07, 6.45) is 1.00. The molecule has 2 aromatic rings. The minimum atomic E-state index is 0.105. The fraction of sp³-hybridized carbons (Fsp3) is 0.250. The zero-order valence-corrected chi connectivity index (χ0v) is 13.1. The Morgan fingerprint density at radius 1 is 1.00 bits per heavy atom. The molecular formula is C20H20N2. The molecule has 2 aromatic carbocycles. The van der Waals surface area contributed by atoms with Gasteiger partial charge in [-0.25, -0.2) is 4.99 Å². The van der Waals surface area contributed by atoms with Gasteiger partial charge in [-0.3, -0.25) is 0 Å². The maximum Gasteiger partial charge on any atom is 0.0949 e. The Bertz CT molecular complexity index is 714. The average Bonchev–Trinajstić information content (AvgIpc) is 2.58. The lowest BCUT2D eigenvalue weighted by atomic mass is 9.99. The molecular weight excluding hydrogens is 268 g/mol. The van der Waals surface area contributed by atoms with Crippen LogP contribution in [0.2, 0.25) is 0 Å². The maximum atomic E-state index is 4.34. The summed E-state index contributed by atoms with van der Waals surface area (Å²) in [6, 6.07) is 20.8. The molecule has 0 aliphatic carbocycles. The fourth-order valence-corrected chi connectivity index (χ4v) is 2.00. The summed E-state index contributed by atoms with van der Waals surface area (Å²) in [5, 5.41) is 0. The van der Waals surface area contributed by atoms with Crippen LogP contribution in [0.4, 0.5) is 5.69 Å². The summed E-state index contributed by atoms with van der Waals surface area (Å²) in [7, 11) is 0.